The van der Waals surface area contributed by atoms with Gasteiger partial charge in [-0.2, -0.15) is 0 Å². The summed E-state index contributed by atoms with van der Waals surface area (Å²) in [7, 11) is 1.82. The van der Waals surface area contributed by atoms with Gasteiger partial charge in [0.05, 0.1) is 5.69 Å². The van der Waals surface area contributed by atoms with Crippen molar-refractivity contribution >= 4 is 45.7 Å². The van der Waals surface area contributed by atoms with Gasteiger partial charge in [0.2, 0.25) is 0 Å². The highest BCUT2D eigenvalue weighted by Crippen LogP contribution is 2.30. The molecule has 27 heavy (non-hydrogen) atoms. The number of rotatable bonds is 5. The van der Waals surface area contributed by atoms with Gasteiger partial charge in [-0.25, -0.2) is 14.8 Å². The van der Waals surface area contributed by atoms with Crippen molar-refractivity contribution in [2.75, 3.05) is 25.0 Å². The molecular formula is C18H23ClN4O3S. The van der Waals surface area contributed by atoms with Gasteiger partial charge in [0.1, 0.15) is 15.7 Å². The lowest BCUT2D eigenvalue weighted by molar-refractivity contribution is -0.125. The van der Waals surface area contributed by atoms with Crippen molar-refractivity contribution in [3.05, 3.63) is 21.3 Å². The average Bonchev–Trinajstić information content (AvgIpc) is 3.23. The van der Waals surface area contributed by atoms with Crippen LogP contribution in [0, 0.1) is 6.92 Å². The molecule has 1 fully saturated rings. The van der Waals surface area contributed by atoms with Crippen LogP contribution in [0.2, 0.25) is 0 Å². The number of nitrogens with zero attached hydrogens (tertiary/aromatic N) is 4. The van der Waals surface area contributed by atoms with Crippen LogP contribution in [0.4, 0.5) is 5.13 Å². The molecule has 7 nitrogen and oxygen atoms in total. The molecule has 3 rings (SSSR count). The molecule has 0 aromatic carbocycles. The second kappa shape index (κ2) is 7.98. The number of amides is 1. The van der Waals surface area contributed by atoms with E-state index in [1.165, 1.54) is 11.3 Å². The molecule has 9 heteroatoms. The summed E-state index contributed by atoms with van der Waals surface area (Å²) >= 11 is 7.31. The first-order valence-electron chi connectivity index (χ1n) is 8.99. The maximum atomic E-state index is 12.7. The van der Waals surface area contributed by atoms with Gasteiger partial charge in [0, 0.05) is 32.6 Å². The highest BCUT2D eigenvalue weighted by atomic mass is 35.5. The van der Waals surface area contributed by atoms with Crippen LogP contribution in [0.5, 0.6) is 0 Å². The quantitative estimate of drug-likeness (QED) is 0.753. The highest BCUT2D eigenvalue weighted by molar-refractivity contribution is 7.17. The predicted octanol–water partition coefficient (Wildman–Crippen LogP) is 3.28. The minimum Gasteiger partial charge on any atom is -0.477 e. The largest absolute Gasteiger partial charge is 0.477 e. The number of aromatic nitrogens is 1. The molecule has 0 atom stereocenters. The van der Waals surface area contributed by atoms with E-state index in [4.69, 9.17) is 11.6 Å². The second-order valence-electron chi connectivity index (χ2n) is 6.83. The number of carboxylic acids is 1. The molecule has 146 valence electrons. The summed E-state index contributed by atoms with van der Waals surface area (Å²) in [5.74, 6) is -0.999. The van der Waals surface area contributed by atoms with Crippen LogP contribution in [0.15, 0.2) is 15.7 Å². The van der Waals surface area contributed by atoms with Crippen LogP contribution < -0.4 is 4.90 Å². The number of allylic oxidation sites excluding steroid dienone is 1. The molecule has 1 N–H and O–H groups in total. The zero-order valence-corrected chi connectivity index (χ0v) is 17.2. The molecule has 2 aliphatic rings. The topological polar surface area (TPSA) is 86.1 Å². The molecule has 0 unspecified atom stereocenters. The number of hydrogen-bond acceptors (Lipinski definition) is 6. The van der Waals surface area contributed by atoms with E-state index in [1.807, 2.05) is 14.0 Å². The van der Waals surface area contributed by atoms with E-state index in [-0.39, 0.29) is 16.8 Å². The minimum absolute atomic E-state index is 0.0618. The summed E-state index contributed by atoms with van der Waals surface area (Å²) < 4.78 is 0. The summed E-state index contributed by atoms with van der Waals surface area (Å²) in [6.07, 6.45) is 2.94. The first-order chi connectivity index (χ1) is 12.8. The molecule has 2 aliphatic heterocycles. The second-order valence-corrected chi connectivity index (χ2v) is 8.17. The number of halogens is 1. The Hall–Kier alpha value is -1.93. The van der Waals surface area contributed by atoms with Crippen molar-refractivity contribution in [1.29, 1.82) is 0 Å². The van der Waals surface area contributed by atoms with Crippen LogP contribution >= 0.6 is 22.9 Å². The zero-order chi connectivity index (χ0) is 19.7. The summed E-state index contributed by atoms with van der Waals surface area (Å²) in [5.41, 5.74) is 2.08. The number of aromatic carboxylic acids is 1. The first kappa shape index (κ1) is 19.8. The first-order valence-corrected chi connectivity index (χ1v) is 10.2. The Bertz CT molecular complexity index is 825. The fourth-order valence-electron chi connectivity index (χ4n) is 3.44. The number of carboxylic acid groups (broad SMARTS) is 1. The van der Waals surface area contributed by atoms with E-state index >= 15 is 0 Å². The van der Waals surface area contributed by atoms with Gasteiger partial charge in [-0.05, 0) is 31.8 Å². The summed E-state index contributed by atoms with van der Waals surface area (Å²) in [6, 6.07) is 0.126. The summed E-state index contributed by atoms with van der Waals surface area (Å²) in [6.45, 7) is 5.20. The van der Waals surface area contributed by atoms with Crippen molar-refractivity contribution in [3.8, 4) is 0 Å². The fourth-order valence-corrected chi connectivity index (χ4v) is 4.70. The van der Waals surface area contributed by atoms with Crippen LogP contribution in [0.3, 0.4) is 0 Å². The van der Waals surface area contributed by atoms with E-state index in [9.17, 15) is 14.7 Å². The Balaban J connectivity index is 1.59. The van der Waals surface area contributed by atoms with E-state index < -0.39 is 5.97 Å². The number of carbonyl (C=O) groups excluding carboxylic acids is 1. The molecule has 0 aliphatic carbocycles. The maximum Gasteiger partial charge on any atom is 0.347 e. The fraction of sp³-hybridized carbons (Fsp3) is 0.556. The van der Waals surface area contributed by atoms with Crippen LogP contribution in [-0.4, -0.2) is 58.8 Å². The van der Waals surface area contributed by atoms with Crippen LogP contribution in [-0.2, 0) is 4.79 Å². The van der Waals surface area contributed by atoms with Crippen molar-refractivity contribution in [2.24, 2.45) is 4.99 Å². The van der Waals surface area contributed by atoms with Gasteiger partial charge in [0.15, 0.2) is 5.13 Å². The smallest absolute Gasteiger partial charge is 0.347 e. The van der Waals surface area contributed by atoms with Gasteiger partial charge in [-0.3, -0.25) is 4.79 Å². The lowest BCUT2D eigenvalue weighted by Crippen LogP contribution is -2.47. The zero-order valence-electron chi connectivity index (χ0n) is 15.7. The number of hydrogen-bond donors (Lipinski definition) is 1. The monoisotopic (exact) mass is 410 g/mol. The third-order valence-electron chi connectivity index (χ3n) is 5.16. The normalized spacial score (nSPS) is 18.1. The molecule has 0 spiro atoms. The summed E-state index contributed by atoms with van der Waals surface area (Å²) in [4.78, 5) is 36.8. The molecule has 1 saturated heterocycles. The van der Waals surface area contributed by atoms with Crippen LogP contribution in [0.25, 0.3) is 0 Å². The van der Waals surface area contributed by atoms with Gasteiger partial charge in [-0.15, -0.1) is 0 Å². The third kappa shape index (κ3) is 4.01. The molecule has 1 aromatic heterocycles. The van der Waals surface area contributed by atoms with E-state index in [0.717, 1.165) is 43.1 Å². The number of aryl methyl sites for hydroxylation is 1. The van der Waals surface area contributed by atoms with Gasteiger partial charge in [-0.1, -0.05) is 29.9 Å². The maximum absolute atomic E-state index is 12.7. The Kier molecular flexibility index (Phi) is 5.86. The van der Waals surface area contributed by atoms with Crippen molar-refractivity contribution < 1.29 is 14.7 Å². The molecule has 3 heterocycles. The Morgan fingerprint density at radius 1 is 1.37 bits per heavy atom. The number of aliphatic imine (C=N–C) groups is 1. The van der Waals surface area contributed by atoms with E-state index in [1.54, 1.807) is 11.8 Å². The van der Waals surface area contributed by atoms with Crippen LogP contribution in [0.1, 0.15) is 48.0 Å². The van der Waals surface area contributed by atoms with Crippen molar-refractivity contribution in [2.45, 2.75) is 45.6 Å². The van der Waals surface area contributed by atoms with Crippen molar-refractivity contribution in [3.63, 3.8) is 0 Å². The Labute approximate surface area is 167 Å². The standard InChI is InChI=1S/C18H23ClN4O3S/c1-4-11-9-13(21-15(11)19)16(24)22(3)12-5-7-23(8-6-12)18-20-10(2)14(27-18)17(25)26/h12H,4-9H2,1-3H3,(H,25,26). The van der Waals surface area contributed by atoms with E-state index in [0.29, 0.717) is 23.0 Å². The predicted molar refractivity (Wildman–Crippen MR) is 107 cm³/mol. The molecule has 0 saturated carbocycles. The SMILES string of the molecule is CCC1=C(Cl)N=C(C(=O)N(C)C2CCN(c3nc(C)c(C(=O)O)s3)CC2)C1. The number of carbonyl (C=O) groups is 2. The van der Waals surface area contributed by atoms with E-state index in [2.05, 4.69) is 14.9 Å². The molecule has 1 amide bonds. The van der Waals surface area contributed by atoms with Gasteiger partial charge < -0.3 is 14.9 Å². The third-order valence-corrected chi connectivity index (χ3v) is 6.72. The minimum atomic E-state index is -0.937. The molecule has 1 aromatic rings. The number of piperidine rings is 1. The Morgan fingerprint density at radius 3 is 2.56 bits per heavy atom. The van der Waals surface area contributed by atoms with Gasteiger partial charge >= 0.3 is 5.97 Å². The highest BCUT2D eigenvalue weighted by Gasteiger charge is 2.31. The number of thiazole rings is 1. The molecule has 0 radical (unpaired) electrons. The molecule has 0 bridgehead atoms. The molecular weight excluding hydrogens is 388 g/mol. The van der Waals surface area contributed by atoms with Crippen molar-refractivity contribution in [1.82, 2.24) is 9.88 Å². The average molecular weight is 411 g/mol. The number of anilines is 1. The summed E-state index contributed by atoms with van der Waals surface area (Å²) in [5, 5.41) is 10.4. The lowest BCUT2D eigenvalue weighted by Gasteiger charge is -2.36. The Morgan fingerprint density at radius 2 is 2.04 bits per heavy atom. The van der Waals surface area contributed by atoms with Gasteiger partial charge in [0.25, 0.3) is 5.91 Å². The lowest BCUT2D eigenvalue weighted by atomic mass is 10.0.